The molecule has 0 atom stereocenters. The number of likely N-dealkylation sites (tertiary alicyclic amines) is 1. The minimum atomic E-state index is -0.700. The number of anilines is 1. The van der Waals surface area contributed by atoms with Crippen LogP contribution in [0.2, 0.25) is 0 Å². The Kier molecular flexibility index (Phi) is 4.55. The fourth-order valence-corrected chi connectivity index (χ4v) is 2.64. The Labute approximate surface area is 138 Å². The van der Waals surface area contributed by atoms with E-state index in [2.05, 4.69) is 5.32 Å². The molecular weight excluding hydrogens is 314 g/mol. The summed E-state index contributed by atoms with van der Waals surface area (Å²) in [6.45, 7) is 1.26. The molecule has 1 saturated heterocycles. The first-order chi connectivity index (χ1) is 11.5. The largest absolute Gasteiger partial charge is 0.338 e. The third kappa shape index (κ3) is 3.59. The van der Waals surface area contributed by atoms with Crippen LogP contribution in [0.4, 0.5) is 14.5 Å². The molecule has 6 heteroatoms. The van der Waals surface area contributed by atoms with E-state index in [4.69, 9.17) is 0 Å². The second kappa shape index (κ2) is 6.78. The van der Waals surface area contributed by atoms with E-state index >= 15 is 0 Å². The van der Waals surface area contributed by atoms with Crippen LogP contribution >= 0.6 is 0 Å². The third-order valence-corrected chi connectivity index (χ3v) is 3.94. The Hall–Kier alpha value is -2.76. The van der Waals surface area contributed by atoms with Gasteiger partial charge in [-0.15, -0.1) is 0 Å². The molecule has 1 fully saturated rings. The lowest BCUT2D eigenvalue weighted by atomic mass is 10.1. The zero-order valence-corrected chi connectivity index (χ0v) is 12.9. The molecule has 3 rings (SSSR count). The highest BCUT2D eigenvalue weighted by molar-refractivity contribution is 6.04. The normalized spacial score (nSPS) is 14.1. The van der Waals surface area contributed by atoms with Crippen molar-refractivity contribution in [1.29, 1.82) is 0 Å². The Bertz CT molecular complexity index is 775. The van der Waals surface area contributed by atoms with E-state index in [-0.39, 0.29) is 11.6 Å². The number of nitrogens with zero attached hydrogens (tertiary/aromatic N) is 1. The summed E-state index contributed by atoms with van der Waals surface area (Å²) in [5.74, 6) is -1.71. The number of nitrogens with one attached hydrogen (secondary N) is 1. The average molecular weight is 330 g/mol. The number of benzene rings is 2. The van der Waals surface area contributed by atoms with Crippen molar-refractivity contribution in [2.24, 2.45) is 0 Å². The number of hydrogen-bond donors (Lipinski definition) is 1. The maximum atomic E-state index is 13.6. The molecule has 1 N–H and O–H groups in total. The van der Waals surface area contributed by atoms with Crippen LogP contribution < -0.4 is 5.32 Å². The molecule has 0 aliphatic carbocycles. The Morgan fingerprint density at radius 2 is 1.88 bits per heavy atom. The highest BCUT2D eigenvalue weighted by atomic mass is 19.1. The molecule has 124 valence electrons. The molecule has 0 bridgehead atoms. The van der Waals surface area contributed by atoms with Crippen LogP contribution in [0.25, 0.3) is 0 Å². The Morgan fingerprint density at radius 3 is 2.54 bits per heavy atom. The van der Waals surface area contributed by atoms with Crippen LogP contribution in [0.1, 0.15) is 28.8 Å². The number of carbonyl (C=O) groups excluding carboxylic acids is 2. The third-order valence-electron chi connectivity index (χ3n) is 3.94. The molecule has 0 spiro atoms. The summed E-state index contributed by atoms with van der Waals surface area (Å²) in [5, 5.41) is 2.35. The molecule has 0 radical (unpaired) electrons. The van der Waals surface area contributed by atoms with Gasteiger partial charge in [0, 0.05) is 31.1 Å². The van der Waals surface area contributed by atoms with Crippen LogP contribution in [0.5, 0.6) is 0 Å². The van der Waals surface area contributed by atoms with Crippen LogP contribution in [0.15, 0.2) is 42.5 Å². The summed E-state index contributed by atoms with van der Waals surface area (Å²) < 4.78 is 26.7. The van der Waals surface area contributed by atoms with Crippen molar-refractivity contribution in [3.8, 4) is 0 Å². The van der Waals surface area contributed by atoms with E-state index in [0.717, 1.165) is 36.7 Å². The molecule has 24 heavy (non-hydrogen) atoms. The molecule has 0 aromatic heterocycles. The molecular formula is C18H16F2N2O2. The van der Waals surface area contributed by atoms with Crippen molar-refractivity contribution in [2.45, 2.75) is 19.4 Å². The summed E-state index contributed by atoms with van der Waals surface area (Å²) in [5.41, 5.74) is 1.04. The van der Waals surface area contributed by atoms with Crippen LogP contribution in [0.3, 0.4) is 0 Å². The minimum Gasteiger partial charge on any atom is -0.338 e. The Balaban J connectivity index is 1.67. The molecule has 1 aliphatic rings. The summed E-state index contributed by atoms with van der Waals surface area (Å²) in [7, 11) is 0. The van der Waals surface area contributed by atoms with Crippen molar-refractivity contribution in [3.05, 3.63) is 65.2 Å². The van der Waals surface area contributed by atoms with E-state index in [1.165, 1.54) is 0 Å². The summed E-state index contributed by atoms with van der Waals surface area (Å²) in [6.07, 6.45) is 1.46. The highest BCUT2D eigenvalue weighted by Crippen LogP contribution is 2.18. The van der Waals surface area contributed by atoms with Gasteiger partial charge >= 0.3 is 0 Å². The molecule has 0 saturated carbocycles. The van der Waals surface area contributed by atoms with Gasteiger partial charge < -0.3 is 10.2 Å². The van der Waals surface area contributed by atoms with Crippen molar-refractivity contribution in [1.82, 2.24) is 4.90 Å². The van der Waals surface area contributed by atoms with Gasteiger partial charge in [-0.3, -0.25) is 9.59 Å². The average Bonchev–Trinajstić information content (AvgIpc) is 2.96. The van der Waals surface area contributed by atoms with Crippen LogP contribution in [-0.4, -0.2) is 23.3 Å². The number of hydrogen-bond acceptors (Lipinski definition) is 2. The number of rotatable bonds is 4. The van der Waals surface area contributed by atoms with E-state index in [1.54, 1.807) is 29.2 Å². The van der Waals surface area contributed by atoms with Gasteiger partial charge in [0.15, 0.2) is 0 Å². The van der Waals surface area contributed by atoms with Crippen LogP contribution in [-0.2, 0) is 11.3 Å². The molecule has 1 heterocycles. The smallest absolute Gasteiger partial charge is 0.255 e. The predicted molar refractivity (Wildman–Crippen MR) is 85.4 cm³/mol. The quantitative estimate of drug-likeness (QED) is 0.935. The van der Waals surface area contributed by atoms with E-state index in [9.17, 15) is 18.4 Å². The van der Waals surface area contributed by atoms with Gasteiger partial charge in [0.25, 0.3) is 5.91 Å². The van der Waals surface area contributed by atoms with Gasteiger partial charge in [-0.2, -0.15) is 0 Å². The molecule has 2 aromatic carbocycles. The molecule has 4 nitrogen and oxygen atoms in total. The van der Waals surface area contributed by atoms with Crippen molar-refractivity contribution >= 4 is 17.5 Å². The van der Waals surface area contributed by atoms with E-state index in [1.807, 2.05) is 0 Å². The summed E-state index contributed by atoms with van der Waals surface area (Å²) in [4.78, 5) is 25.5. The van der Waals surface area contributed by atoms with Gasteiger partial charge in [-0.25, -0.2) is 8.78 Å². The number of halogens is 2. The van der Waals surface area contributed by atoms with Crippen molar-refractivity contribution < 1.29 is 18.4 Å². The predicted octanol–water partition coefficient (Wildman–Crippen LogP) is 3.34. The lowest BCUT2D eigenvalue weighted by Gasteiger charge is -2.15. The van der Waals surface area contributed by atoms with Gasteiger partial charge in [0.05, 0.1) is 5.69 Å². The molecule has 0 unspecified atom stereocenters. The summed E-state index contributed by atoms with van der Waals surface area (Å²) in [6, 6.07) is 9.58. The first-order valence-electron chi connectivity index (χ1n) is 7.66. The standard InChI is InChI=1S/C18H16F2N2O2/c19-14-7-8-15(20)16(10-14)21-18(24)13-5-3-12(4-6-13)11-22-9-1-2-17(22)23/h3-8,10H,1-2,9,11H2,(H,21,24). The second-order valence-electron chi connectivity index (χ2n) is 5.69. The fourth-order valence-electron chi connectivity index (χ4n) is 2.64. The topological polar surface area (TPSA) is 49.4 Å². The highest BCUT2D eigenvalue weighted by Gasteiger charge is 2.20. The maximum Gasteiger partial charge on any atom is 0.255 e. The van der Waals surface area contributed by atoms with Crippen molar-refractivity contribution in [2.75, 3.05) is 11.9 Å². The number of carbonyl (C=O) groups is 2. The van der Waals surface area contributed by atoms with E-state index < -0.39 is 17.5 Å². The molecule has 2 amide bonds. The monoisotopic (exact) mass is 330 g/mol. The molecule has 2 aromatic rings. The first-order valence-corrected chi connectivity index (χ1v) is 7.66. The lowest BCUT2D eigenvalue weighted by molar-refractivity contribution is -0.128. The Morgan fingerprint density at radius 1 is 1.12 bits per heavy atom. The van der Waals surface area contributed by atoms with E-state index in [0.29, 0.717) is 18.5 Å². The minimum absolute atomic E-state index is 0.137. The second-order valence-corrected chi connectivity index (χ2v) is 5.69. The maximum absolute atomic E-state index is 13.6. The van der Waals surface area contributed by atoms with Gasteiger partial charge in [0.2, 0.25) is 5.91 Å². The zero-order valence-electron chi connectivity index (χ0n) is 12.9. The van der Waals surface area contributed by atoms with Gasteiger partial charge in [-0.1, -0.05) is 12.1 Å². The first kappa shape index (κ1) is 16.1. The lowest BCUT2D eigenvalue weighted by Crippen LogP contribution is -2.23. The van der Waals surface area contributed by atoms with Crippen molar-refractivity contribution in [3.63, 3.8) is 0 Å². The zero-order chi connectivity index (χ0) is 17.1. The van der Waals surface area contributed by atoms with Gasteiger partial charge in [0.1, 0.15) is 11.6 Å². The summed E-state index contributed by atoms with van der Waals surface area (Å²) >= 11 is 0. The van der Waals surface area contributed by atoms with Crippen LogP contribution in [0, 0.1) is 11.6 Å². The molecule has 1 aliphatic heterocycles. The fraction of sp³-hybridized carbons (Fsp3) is 0.222. The SMILES string of the molecule is O=C(Nc1cc(F)ccc1F)c1ccc(CN2CCCC2=O)cc1. The number of amides is 2. The van der Waals surface area contributed by atoms with Gasteiger partial charge in [-0.05, 0) is 36.2 Å².